The molecule has 2 saturated heterocycles. The van der Waals surface area contributed by atoms with Crippen molar-refractivity contribution >= 4 is 17.5 Å². The minimum atomic E-state index is -0.108. The lowest BCUT2D eigenvalue weighted by Gasteiger charge is -2.16. The van der Waals surface area contributed by atoms with Crippen LogP contribution in [0, 0.1) is 5.92 Å². The number of hydrogen-bond acceptors (Lipinski definition) is 4. The first-order chi connectivity index (χ1) is 11.7. The lowest BCUT2D eigenvalue weighted by atomic mass is 10.1. The van der Waals surface area contributed by atoms with E-state index in [1.165, 1.54) is 6.42 Å². The molecule has 0 saturated carbocycles. The summed E-state index contributed by atoms with van der Waals surface area (Å²) in [7, 11) is 0. The minimum absolute atomic E-state index is 0.000314. The van der Waals surface area contributed by atoms with Gasteiger partial charge in [0, 0.05) is 31.3 Å². The summed E-state index contributed by atoms with van der Waals surface area (Å²) in [4.78, 5) is 25.4. The normalized spacial score (nSPS) is 20.4. The number of carbonyl (C=O) groups excluding carboxylic acids is 2. The average molecular weight is 331 g/mol. The number of nitrogens with zero attached hydrogens (tertiary/aromatic N) is 1. The van der Waals surface area contributed by atoms with Crippen LogP contribution < -0.4 is 20.3 Å². The molecule has 1 atom stereocenters. The number of nitrogens with one attached hydrogen (secondary N) is 2. The van der Waals surface area contributed by atoms with Crippen molar-refractivity contribution in [2.45, 2.75) is 25.7 Å². The van der Waals surface area contributed by atoms with Gasteiger partial charge >= 0.3 is 0 Å². The van der Waals surface area contributed by atoms with Gasteiger partial charge in [-0.25, -0.2) is 0 Å². The fourth-order valence-electron chi connectivity index (χ4n) is 3.24. The molecule has 130 valence electrons. The maximum atomic E-state index is 11.9. The molecule has 2 aliphatic rings. The van der Waals surface area contributed by atoms with Crippen LogP contribution in [-0.2, 0) is 9.59 Å². The fraction of sp³-hybridized carbons (Fsp3) is 0.556. The molecular formula is C18H25N3O3. The van der Waals surface area contributed by atoms with Crippen LogP contribution in [0.15, 0.2) is 24.3 Å². The predicted octanol–water partition coefficient (Wildman–Crippen LogP) is 1.31. The quantitative estimate of drug-likeness (QED) is 0.790. The van der Waals surface area contributed by atoms with E-state index in [1.54, 1.807) is 4.90 Å². The molecule has 0 spiro atoms. The van der Waals surface area contributed by atoms with Crippen molar-refractivity contribution in [3.05, 3.63) is 24.3 Å². The first-order valence-corrected chi connectivity index (χ1v) is 8.73. The van der Waals surface area contributed by atoms with E-state index in [-0.39, 0.29) is 18.4 Å². The molecule has 0 radical (unpaired) electrons. The maximum absolute atomic E-state index is 11.9. The number of ether oxygens (including phenoxy) is 1. The number of benzene rings is 1. The van der Waals surface area contributed by atoms with E-state index in [0.717, 1.165) is 38.2 Å². The Balaban J connectivity index is 1.42. The highest BCUT2D eigenvalue weighted by Gasteiger charge is 2.21. The highest BCUT2D eigenvalue weighted by molar-refractivity contribution is 5.95. The summed E-state index contributed by atoms with van der Waals surface area (Å²) in [6, 6.07) is 7.37. The van der Waals surface area contributed by atoms with Crippen molar-refractivity contribution in [2.75, 3.05) is 37.7 Å². The molecule has 0 bridgehead atoms. The second-order valence-electron chi connectivity index (χ2n) is 6.43. The van der Waals surface area contributed by atoms with Gasteiger partial charge in [-0.3, -0.25) is 9.59 Å². The Hall–Kier alpha value is -2.08. The van der Waals surface area contributed by atoms with Gasteiger partial charge in [0.25, 0.3) is 5.91 Å². The van der Waals surface area contributed by atoms with Gasteiger partial charge in [0.05, 0.1) is 0 Å². The maximum Gasteiger partial charge on any atom is 0.257 e. The smallest absolute Gasteiger partial charge is 0.257 e. The van der Waals surface area contributed by atoms with E-state index in [2.05, 4.69) is 10.6 Å². The monoisotopic (exact) mass is 331 g/mol. The van der Waals surface area contributed by atoms with E-state index in [4.69, 9.17) is 4.74 Å². The molecule has 6 nitrogen and oxygen atoms in total. The van der Waals surface area contributed by atoms with E-state index >= 15 is 0 Å². The zero-order chi connectivity index (χ0) is 16.8. The molecule has 2 fully saturated rings. The third kappa shape index (κ3) is 4.47. The third-order valence-corrected chi connectivity index (χ3v) is 4.61. The molecule has 2 amide bonds. The molecule has 1 aromatic rings. The number of anilines is 1. The average Bonchev–Trinajstić information content (AvgIpc) is 3.25. The van der Waals surface area contributed by atoms with Crippen molar-refractivity contribution < 1.29 is 14.3 Å². The molecule has 1 unspecified atom stereocenters. The van der Waals surface area contributed by atoms with Crippen LogP contribution in [0.5, 0.6) is 5.75 Å². The Kier molecular flexibility index (Phi) is 5.69. The Morgan fingerprint density at radius 3 is 3.08 bits per heavy atom. The first-order valence-electron chi connectivity index (χ1n) is 8.73. The summed E-state index contributed by atoms with van der Waals surface area (Å²) in [5.74, 6) is 1.32. The van der Waals surface area contributed by atoms with Crippen LogP contribution in [-0.4, -0.2) is 44.6 Å². The van der Waals surface area contributed by atoms with E-state index in [0.29, 0.717) is 24.6 Å². The lowest BCUT2D eigenvalue weighted by molar-refractivity contribution is -0.123. The van der Waals surface area contributed by atoms with Crippen LogP contribution >= 0.6 is 0 Å². The van der Waals surface area contributed by atoms with Gasteiger partial charge in [-0.05, 0) is 50.4 Å². The Labute approximate surface area is 142 Å². The van der Waals surface area contributed by atoms with Crippen LogP contribution in [0.25, 0.3) is 0 Å². The van der Waals surface area contributed by atoms with E-state index < -0.39 is 0 Å². The first kappa shape index (κ1) is 16.8. The predicted molar refractivity (Wildman–Crippen MR) is 92.1 cm³/mol. The van der Waals surface area contributed by atoms with Crippen molar-refractivity contribution in [3.8, 4) is 5.75 Å². The summed E-state index contributed by atoms with van der Waals surface area (Å²) in [5, 5.41) is 6.22. The van der Waals surface area contributed by atoms with Gasteiger partial charge in [0.1, 0.15) is 5.75 Å². The van der Waals surface area contributed by atoms with Gasteiger partial charge < -0.3 is 20.3 Å². The topological polar surface area (TPSA) is 70.7 Å². The molecule has 0 aliphatic carbocycles. The second-order valence-corrected chi connectivity index (χ2v) is 6.43. The van der Waals surface area contributed by atoms with Crippen molar-refractivity contribution in [1.82, 2.24) is 10.6 Å². The molecule has 2 aliphatic heterocycles. The van der Waals surface area contributed by atoms with Gasteiger partial charge in [-0.2, -0.15) is 0 Å². The minimum Gasteiger partial charge on any atom is -0.484 e. The van der Waals surface area contributed by atoms with Gasteiger partial charge in [0.2, 0.25) is 5.91 Å². The number of rotatable bonds is 7. The molecule has 2 heterocycles. The van der Waals surface area contributed by atoms with Gasteiger partial charge in [0.15, 0.2) is 6.61 Å². The molecule has 0 aromatic heterocycles. The molecule has 3 rings (SSSR count). The standard InChI is InChI=1S/C18H25N3O3/c22-17(20-9-7-14-6-8-19-12-14)13-24-16-4-1-3-15(11-16)21-10-2-5-18(21)23/h1,3-4,11,14,19H,2,5-10,12-13H2,(H,20,22). The van der Waals surface area contributed by atoms with Crippen molar-refractivity contribution in [2.24, 2.45) is 5.92 Å². The molecule has 2 N–H and O–H groups in total. The largest absolute Gasteiger partial charge is 0.484 e. The zero-order valence-electron chi connectivity index (χ0n) is 13.9. The van der Waals surface area contributed by atoms with Crippen LogP contribution in [0.4, 0.5) is 5.69 Å². The molecule has 1 aromatic carbocycles. The lowest BCUT2D eigenvalue weighted by Crippen LogP contribution is -2.31. The third-order valence-electron chi connectivity index (χ3n) is 4.61. The fourth-order valence-corrected chi connectivity index (χ4v) is 3.24. The number of amides is 2. The molecular weight excluding hydrogens is 306 g/mol. The SMILES string of the molecule is O=C(COc1cccc(N2CCCC2=O)c1)NCCC1CCNC1. The number of carbonyl (C=O) groups is 2. The Morgan fingerprint density at radius 2 is 2.33 bits per heavy atom. The summed E-state index contributed by atoms with van der Waals surface area (Å²) < 4.78 is 5.56. The van der Waals surface area contributed by atoms with Crippen molar-refractivity contribution in [1.29, 1.82) is 0 Å². The summed E-state index contributed by atoms with van der Waals surface area (Å²) in [6.45, 7) is 3.57. The second kappa shape index (κ2) is 8.15. The summed E-state index contributed by atoms with van der Waals surface area (Å²) >= 11 is 0. The van der Waals surface area contributed by atoms with Gasteiger partial charge in [-0.15, -0.1) is 0 Å². The Bertz CT molecular complexity index is 585. The molecule has 24 heavy (non-hydrogen) atoms. The number of hydrogen-bond donors (Lipinski definition) is 2. The van der Waals surface area contributed by atoms with Crippen LogP contribution in [0.1, 0.15) is 25.7 Å². The highest BCUT2D eigenvalue weighted by Crippen LogP contribution is 2.25. The van der Waals surface area contributed by atoms with E-state index in [9.17, 15) is 9.59 Å². The highest BCUT2D eigenvalue weighted by atomic mass is 16.5. The van der Waals surface area contributed by atoms with Gasteiger partial charge in [-0.1, -0.05) is 6.07 Å². The van der Waals surface area contributed by atoms with E-state index in [1.807, 2.05) is 24.3 Å². The van der Waals surface area contributed by atoms with Crippen molar-refractivity contribution in [3.63, 3.8) is 0 Å². The Morgan fingerprint density at radius 1 is 1.42 bits per heavy atom. The zero-order valence-corrected chi connectivity index (χ0v) is 13.9. The molecule has 6 heteroatoms. The van der Waals surface area contributed by atoms with Crippen LogP contribution in [0.2, 0.25) is 0 Å². The van der Waals surface area contributed by atoms with Crippen LogP contribution in [0.3, 0.4) is 0 Å². The summed E-state index contributed by atoms with van der Waals surface area (Å²) in [6.07, 6.45) is 3.69. The summed E-state index contributed by atoms with van der Waals surface area (Å²) in [5.41, 5.74) is 0.837.